The number of fused-ring (bicyclic) bond motifs is 1. The normalized spacial score (nSPS) is 11.6. The summed E-state index contributed by atoms with van der Waals surface area (Å²) >= 11 is 1.35. The predicted octanol–water partition coefficient (Wildman–Crippen LogP) is 0.433. The van der Waals surface area contributed by atoms with Gasteiger partial charge in [-0.15, -0.1) is 11.3 Å². The maximum Gasteiger partial charge on any atom is 0.317 e. The summed E-state index contributed by atoms with van der Waals surface area (Å²) < 4.78 is 0.594. The fourth-order valence-electron chi connectivity index (χ4n) is 1.96. The van der Waals surface area contributed by atoms with E-state index in [-0.39, 0.29) is 12.1 Å². The average molecular weight is 310 g/mol. The molecular formula is C13H18N4O3S. The lowest BCUT2D eigenvalue weighted by molar-refractivity contribution is -0.138. The van der Waals surface area contributed by atoms with E-state index in [1.807, 2.05) is 24.4 Å². The van der Waals surface area contributed by atoms with Crippen molar-refractivity contribution in [2.45, 2.75) is 6.54 Å². The zero-order valence-electron chi connectivity index (χ0n) is 12.0. The Morgan fingerprint density at radius 2 is 2.19 bits per heavy atom. The Balaban J connectivity index is 2.16. The molecule has 2 rings (SSSR count). The van der Waals surface area contributed by atoms with Crippen LogP contribution in [0.25, 0.3) is 10.2 Å². The van der Waals surface area contributed by atoms with Crippen molar-refractivity contribution in [1.82, 2.24) is 19.8 Å². The number of hydrogen-bond acceptors (Lipinski definition) is 6. The Morgan fingerprint density at radius 3 is 2.86 bits per heavy atom. The van der Waals surface area contributed by atoms with Crippen molar-refractivity contribution in [3.63, 3.8) is 0 Å². The van der Waals surface area contributed by atoms with E-state index >= 15 is 0 Å². The minimum Gasteiger partial charge on any atom is -0.480 e. The van der Waals surface area contributed by atoms with E-state index in [0.29, 0.717) is 29.1 Å². The molecule has 2 aromatic rings. The number of hydrogen-bond donors (Lipinski definition) is 2. The third kappa shape index (κ3) is 4.35. The van der Waals surface area contributed by atoms with E-state index in [4.69, 9.17) is 5.11 Å². The van der Waals surface area contributed by atoms with Crippen LogP contribution in [0.2, 0.25) is 0 Å². The smallest absolute Gasteiger partial charge is 0.317 e. The van der Waals surface area contributed by atoms with E-state index in [1.54, 1.807) is 11.0 Å². The van der Waals surface area contributed by atoms with Gasteiger partial charge >= 0.3 is 5.97 Å². The second kappa shape index (κ2) is 6.79. The molecule has 21 heavy (non-hydrogen) atoms. The lowest BCUT2D eigenvalue weighted by Gasteiger charge is -2.21. The SMILES string of the molecule is CN(C)CCN(CC(=O)O)Cc1nc2ccsc2c(=O)[nH]1. The van der Waals surface area contributed by atoms with Gasteiger partial charge in [0.15, 0.2) is 0 Å². The molecule has 2 heterocycles. The molecule has 0 aromatic carbocycles. The number of rotatable bonds is 7. The van der Waals surface area contributed by atoms with Gasteiger partial charge in [-0.3, -0.25) is 14.5 Å². The van der Waals surface area contributed by atoms with Crippen molar-refractivity contribution >= 4 is 27.5 Å². The second-order valence-corrected chi connectivity index (χ2v) is 5.97. The van der Waals surface area contributed by atoms with Gasteiger partial charge < -0.3 is 15.0 Å². The molecule has 0 aliphatic carbocycles. The third-order valence-electron chi connectivity index (χ3n) is 2.96. The highest BCUT2D eigenvalue weighted by molar-refractivity contribution is 7.17. The summed E-state index contributed by atoms with van der Waals surface area (Å²) in [6.07, 6.45) is 0. The fourth-order valence-corrected chi connectivity index (χ4v) is 2.68. The summed E-state index contributed by atoms with van der Waals surface area (Å²) in [6, 6.07) is 1.79. The standard InChI is InChI=1S/C13H18N4O3S/c1-16(2)4-5-17(8-11(18)19)7-10-14-9-3-6-21-12(9)13(20)15-10/h3,6H,4-5,7-8H2,1-2H3,(H,18,19)(H,14,15,20). The van der Waals surface area contributed by atoms with Crippen LogP contribution in [-0.4, -0.2) is 64.6 Å². The molecule has 0 atom stereocenters. The quantitative estimate of drug-likeness (QED) is 0.771. The van der Waals surface area contributed by atoms with Crippen molar-refractivity contribution in [3.05, 3.63) is 27.6 Å². The zero-order chi connectivity index (χ0) is 15.4. The highest BCUT2D eigenvalue weighted by Gasteiger charge is 2.13. The largest absolute Gasteiger partial charge is 0.480 e. The number of H-pyrrole nitrogens is 1. The van der Waals surface area contributed by atoms with Crippen LogP contribution in [0.4, 0.5) is 0 Å². The molecular weight excluding hydrogens is 292 g/mol. The first-order valence-electron chi connectivity index (χ1n) is 6.51. The number of nitrogens with zero attached hydrogens (tertiary/aromatic N) is 3. The fraction of sp³-hybridized carbons (Fsp3) is 0.462. The number of aliphatic carboxylic acids is 1. The van der Waals surface area contributed by atoms with Crippen LogP contribution < -0.4 is 5.56 Å². The number of carbonyl (C=O) groups is 1. The van der Waals surface area contributed by atoms with Crippen LogP contribution in [-0.2, 0) is 11.3 Å². The molecule has 0 bridgehead atoms. The molecule has 8 heteroatoms. The molecule has 114 valence electrons. The minimum absolute atomic E-state index is 0.0841. The average Bonchev–Trinajstić information content (AvgIpc) is 2.84. The number of likely N-dealkylation sites (N-methyl/N-ethyl adjacent to an activating group) is 1. The first kappa shape index (κ1) is 15.6. The van der Waals surface area contributed by atoms with E-state index in [9.17, 15) is 9.59 Å². The van der Waals surface area contributed by atoms with Gasteiger partial charge in [0.05, 0.1) is 18.6 Å². The summed E-state index contributed by atoms with van der Waals surface area (Å²) in [4.78, 5) is 33.7. The Labute approximate surface area is 125 Å². The molecule has 2 N–H and O–H groups in total. The maximum absolute atomic E-state index is 11.9. The highest BCUT2D eigenvalue weighted by atomic mass is 32.1. The summed E-state index contributed by atoms with van der Waals surface area (Å²) in [5, 5.41) is 10.8. The molecule has 7 nitrogen and oxygen atoms in total. The number of aromatic amines is 1. The van der Waals surface area contributed by atoms with Crippen LogP contribution in [0.5, 0.6) is 0 Å². The molecule has 0 fully saturated rings. The van der Waals surface area contributed by atoms with Gasteiger partial charge in [-0.2, -0.15) is 0 Å². The lowest BCUT2D eigenvalue weighted by atomic mass is 10.4. The van der Waals surface area contributed by atoms with Crippen molar-refractivity contribution in [3.8, 4) is 0 Å². The highest BCUT2D eigenvalue weighted by Crippen LogP contribution is 2.14. The van der Waals surface area contributed by atoms with Gasteiger partial charge in [-0.25, -0.2) is 4.98 Å². The topological polar surface area (TPSA) is 89.5 Å². The van der Waals surface area contributed by atoms with Crippen LogP contribution >= 0.6 is 11.3 Å². The van der Waals surface area contributed by atoms with Gasteiger partial charge in [-0.05, 0) is 25.5 Å². The predicted molar refractivity (Wildman–Crippen MR) is 81.7 cm³/mol. The van der Waals surface area contributed by atoms with Crippen LogP contribution in [0.15, 0.2) is 16.2 Å². The molecule has 0 saturated carbocycles. The van der Waals surface area contributed by atoms with Crippen LogP contribution in [0, 0.1) is 0 Å². The minimum atomic E-state index is -0.896. The number of aromatic nitrogens is 2. The Kier molecular flexibility index (Phi) is 5.05. The monoisotopic (exact) mass is 310 g/mol. The van der Waals surface area contributed by atoms with Crippen molar-refractivity contribution in [1.29, 1.82) is 0 Å². The number of carboxylic acids is 1. The van der Waals surface area contributed by atoms with Gasteiger partial charge in [0.1, 0.15) is 10.5 Å². The zero-order valence-corrected chi connectivity index (χ0v) is 12.8. The third-order valence-corrected chi connectivity index (χ3v) is 3.86. The van der Waals surface area contributed by atoms with Gasteiger partial charge in [0, 0.05) is 13.1 Å². The van der Waals surface area contributed by atoms with Crippen molar-refractivity contribution < 1.29 is 9.90 Å². The molecule has 0 saturated heterocycles. The second-order valence-electron chi connectivity index (χ2n) is 5.06. The molecule has 0 spiro atoms. The molecule has 0 radical (unpaired) electrons. The summed E-state index contributed by atoms with van der Waals surface area (Å²) in [5.41, 5.74) is 0.481. The Hall–Kier alpha value is -1.77. The molecule has 0 aliphatic heterocycles. The van der Waals surface area contributed by atoms with Crippen LogP contribution in [0.3, 0.4) is 0 Å². The van der Waals surface area contributed by atoms with Gasteiger partial charge in [-0.1, -0.05) is 0 Å². The van der Waals surface area contributed by atoms with E-state index < -0.39 is 5.97 Å². The molecule has 0 unspecified atom stereocenters. The van der Waals surface area contributed by atoms with E-state index in [1.165, 1.54) is 11.3 Å². The number of thiophene rings is 1. The van der Waals surface area contributed by atoms with Gasteiger partial charge in [0.25, 0.3) is 5.56 Å². The van der Waals surface area contributed by atoms with E-state index in [2.05, 4.69) is 9.97 Å². The summed E-state index contributed by atoms with van der Waals surface area (Å²) in [5.74, 6) is -0.404. The van der Waals surface area contributed by atoms with Crippen molar-refractivity contribution in [2.75, 3.05) is 33.7 Å². The Bertz CT molecular complexity index is 679. The molecule has 0 amide bonds. The van der Waals surface area contributed by atoms with Crippen LogP contribution in [0.1, 0.15) is 5.82 Å². The maximum atomic E-state index is 11.9. The molecule has 0 aliphatic rings. The first-order valence-corrected chi connectivity index (χ1v) is 7.39. The number of nitrogens with one attached hydrogen (secondary N) is 1. The summed E-state index contributed by atoms with van der Waals surface area (Å²) in [6.45, 7) is 1.54. The Morgan fingerprint density at radius 1 is 1.43 bits per heavy atom. The summed E-state index contributed by atoms with van der Waals surface area (Å²) in [7, 11) is 3.85. The first-order chi connectivity index (χ1) is 9.95. The molecule has 2 aromatic heterocycles. The number of carboxylic acid groups (broad SMARTS) is 1. The van der Waals surface area contributed by atoms with E-state index in [0.717, 1.165) is 6.54 Å². The lowest BCUT2D eigenvalue weighted by Crippen LogP contribution is -2.36. The van der Waals surface area contributed by atoms with Gasteiger partial charge in [0.2, 0.25) is 0 Å². The van der Waals surface area contributed by atoms with Crippen molar-refractivity contribution in [2.24, 2.45) is 0 Å².